The van der Waals surface area contributed by atoms with Crippen molar-refractivity contribution in [3.8, 4) is 0 Å². The molecule has 1 N–H and O–H groups in total. The molecular weight excluding hydrogens is 136 g/mol. The largest absolute Gasteiger partial charge is 0.388 e. The van der Waals surface area contributed by atoms with E-state index in [1.165, 1.54) is 0 Å². The SMILES string of the molecule is C=CC1CC=CC(O)C1C=C. The Labute approximate surface area is 67.7 Å². The lowest BCUT2D eigenvalue weighted by Crippen LogP contribution is -2.26. The zero-order valence-corrected chi connectivity index (χ0v) is 6.61. The van der Waals surface area contributed by atoms with E-state index < -0.39 is 0 Å². The molecule has 0 saturated carbocycles. The summed E-state index contributed by atoms with van der Waals surface area (Å²) in [7, 11) is 0. The Morgan fingerprint density at radius 2 is 2.09 bits per heavy atom. The molecule has 0 radical (unpaired) electrons. The van der Waals surface area contributed by atoms with E-state index in [1.54, 1.807) is 6.08 Å². The van der Waals surface area contributed by atoms with E-state index in [0.717, 1.165) is 6.42 Å². The number of allylic oxidation sites excluding steroid dienone is 2. The van der Waals surface area contributed by atoms with E-state index in [1.807, 2.05) is 18.2 Å². The van der Waals surface area contributed by atoms with Crippen molar-refractivity contribution in [1.82, 2.24) is 0 Å². The Bertz CT molecular complexity index is 181. The maximum Gasteiger partial charge on any atom is 0.0789 e. The van der Waals surface area contributed by atoms with Gasteiger partial charge in [-0.3, -0.25) is 0 Å². The standard InChI is InChI=1S/C10H14O/c1-3-8-6-5-7-10(11)9(8)4-2/h3-5,7-11H,1-2,6H2. The van der Waals surface area contributed by atoms with Crippen LogP contribution in [0.15, 0.2) is 37.5 Å². The zero-order valence-electron chi connectivity index (χ0n) is 6.61. The van der Waals surface area contributed by atoms with E-state index in [9.17, 15) is 5.11 Å². The van der Waals surface area contributed by atoms with Crippen molar-refractivity contribution in [3.63, 3.8) is 0 Å². The van der Waals surface area contributed by atoms with E-state index >= 15 is 0 Å². The Balaban J connectivity index is 2.74. The molecule has 0 bridgehead atoms. The fraction of sp³-hybridized carbons (Fsp3) is 0.400. The van der Waals surface area contributed by atoms with Crippen molar-refractivity contribution in [1.29, 1.82) is 0 Å². The third-order valence-corrected chi connectivity index (χ3v) is 2.21. The summed E-state index contributed by atoms with van der Waals surface area (Å²) < 4.78 is 0. The summed E-state index contributed by atoms with van der Waals surface area (Å²) in [6.45, 7) is 7.42. The summed E-state index contributed by atoms with van der Waals surface area (Å²) in [5.74, 6) is 0.505. The van der Waals surface area contributed by atoms with Crippen LogP contribution in [0.3, 0.4) is 0 Å². The lowest BCUT2D eigenvalue weighted by Gasteiger charge is -2.27. The first kappa shape index (κ1) is 8.28. The van der Waals surface area contributed by atoms with Gasteiger partial charge in [-0.1, -0.05) is 24.3 Å². The van der Waals surface area contributed by atoms with Crippen LogP contribution in [-0.2, 0) is 0 Å². The van der Waals surface area contributed by atoms with Gasteiger partial charge in [0.1, 0.15) is 0 Å². The maximum atomic E-state index is 9.46. The molecule has 60 valence electrons. The van der Waals surface area contributed by atoms with Gasteiger partial charge in [-0.2, -0.15) is 0 Å². The minimum absolute atomic E-state index is 0.150. The number of hydrogen-bond donors (Lipinski definition) is 1. The van der Waals surface area contributed by atoms with Crippen LogP contribution in [0.25, 0.3) is 0 Å². The molecule has 0 amide bonds. The van der Waals surface area contributed by atoms with Crippen LogP contribution in [0, 0.1) is 11.8 Å². The highest BCUT2D eigenvalue weighted by atomic mass is 16.3. The summed E-state index contributed by atoms with van der Waals surface area (Å²) in [6, 6.07) is 0. The summed E-state index contributed by atoms with van der Waals surface area (Å²) in [5, 5.41) is 9.46. The van der Waals surface area contributed by atoms with Gasteiger partial charge in [0.25, 0.3) is 0 Å². The highest BCUT2D eigenvalue weighted by Crippen LogP contribution is 2.27. The van der Waals surface area contributed by atoms with Crippen molar-refractivity contribution < 1.29 is 5.11 Å². The van der Waals surface area contributed by atoms with Crippen molar-refractivity contribution in [3.05, 3.63) is 37.5 Å². The molecular formula is C10H14O. The number of rotatable bonds is 2. The number of aliphatic hydroxyl groups excluding tert-OH is 1. The predicted molar refractivity (Wildman–Crippen MR) is 47.1 cm³/mol. The quantitative estimate of drug-likeness (QED) is 0.596. The second kappa shape index (κ2) is 3.54. The third-order valence-electron chi connectivity index (χ3n) is 2.21. The molecule has 1 nitrogen and oxygen atoms in total. The zero-order chi connectivity index (χ0) is 8.27. The molecule has 1 aliphatic carbocycles. The summed E-state index contributed by atoms with van der Waals surface area (Å²) >= 11 is 0. The van der Waals surface area contributed by atoms with Crippen LogP contribution in [0.4, 0.5) is 0 Å². The van der Waals surface area contributed by atoms with Crippen LogP contribution in [0.5, 0.6) is 0 Å². The van der Waals surface area contributed by atoms with Gasteiger partial charge in [0.05, 0.1) is 6.10 Å². The lowest BCUT2D eigenvalue weighted by atomic mass is 9.81. The average Bonchev–Trinajstić information content (AvgIpc) is 2.04. The second-order valence-electron chi connectivity index (χ2n) is 2.87. The van der Waals surface area contributed by atoms with Crippen LogP contribution >= 0.6 is 0 Å². The molecule has 0 spiro atoms. The minimum Gasteiger partial charge on any atom is -0.388 e. The minimum atomic E-state index is -0.371. The Hall–Kier alpha value is -0.820. The van der Waals surface area contributed by atoms with Crippen LogP contribution in [0.1, 0.15) is 6.42 Å². The molecule has 3 unspecified atom stereocenters. The first-order valence-electron chi connectivity index (χ1n) is 3.89. The summed E-state index contributed by atoms with van der Waals surface area (Å²) in [4.78, 5) is 0. The average molecular weight is 150 g/mol. The molecule has 1 rings (SSSR count). The van der Waals surface area contributed by atoms with Crippen molar-refractivity contribution >= 4 is 0 Å². The molecule has 11 heavy (non-hydrogen) atoms. The molecule has 0 aromatic rings. The Morgan fingerprint density at radius 3 is 2.55 bits per heavy atom. The molecule has 1 heteroatoms. The first-order chi connectivity index (χ1) is 5.29. The molecule has 0 aromatic heterocycles. The highest BCUT2D eigenvalue weighted by molar-refractivity contribution is 5.09. The Morgan fingerprint density at radius 1 is 1.36 bits per heavy atom. The maximum absolute atomic E-state index is 9.46. The molecule has 1 aliphatic rings. The Kier molecular flexibility index (Phi) is 2.66. The van der Waals surface area contributed by atoms with Crippen LogP contribution in [-0.4, -0.2) is 11.2 Å². The lowest BCUT2D eigenvalue weighted by molar-refractivity contribution is 0.146. The van der Waals surface area contributed by atoms with E-state index in [2.05, 4.69) is 13.2 Å². The molecule has 0 aromatic carbocycles. The third kappa shape index (κ3) is 1.60. The molecule has 0 aliphatic heterocycles. The van der Waals surface area contributed by atoms with Crippen molar-refractivity contribution in [2.75, 3.05) is 0 Å². The van der Waals surface area contributed by atoms with Crippen molar-refractivity contribution in [2.24, 2.45) is 11.8 Å². The highest BCUT2D eigenvalue weighted by Gasteiger charge is 2.23. The first-order valence-corrected chi connectivity index (χ1v) is 3.89. The van der Waals surface area contributed by atoms with Gasteiger partial charge in [0.2, 0.25) is 0 Å². The fourth-order valence-electron chi connectivity index (χ4n) is 1.48. The fourth-order valence-corrected chi connectivity index (χ4v) is 1.48. The van der Waals surface area contributed by atoms with Crippen LogP contribution < -0.4 is 0 Å². The van der Waals surface area contributed by atoms with Gasteiger partial charge in [-0.05, 0) is 12.3 Å². The molecule has 0 saturated heterocycles. The van der Waals surface area contributed by atoms with Gasteiger partial charge >= 0.3 is 0 Å². The van der Waals surface area contributed by atoms with Crippen molar-refractivity contribution in [2.45, 2.75) is 12.5 Å². The van der Waals surface area contributed by atoms with Gasteiger partial charge in [0, 0.05) is 5.92 Å². The smallest absolute Gasteiger partial charge is 0.0789 e. The molecule has 0 heterocycles. The summed E-state index contributed by atoms with van der Waals surface area (Å²) in [6.07, 6.45) is 8.12. The van der Waals surface area contributed by atoms with E-state index in [0.29, 0.717) is 5.92 Å². The van der Waals surface area contributed by atoms with Gasteiger partial charge in [0.15, 0.2) is 0 Å². The summed E-state index contributed by atoms with van der Waals surface area (Å²) in [5.41, 5.74) is 0. The van der Waals surface area contributed by atoms with Gasteiger partial charge in [-0.25, -0.2) is 0 Å². The number of aliphatic hydroxyl groups is 1. The van der Waals surface area contributed by atoms with E-state index in [-0.39, 0.29) is 12.0 Å². The predicted octanol–water partition coefficient (Wildman–Crippen LogP) is 1.91. The topological polar surface area (TPSA) is 20.2 Å². The molecule has 3 atom stereocenters. The van der Waals surface area contributed by atoms with Gasteiger partial charge < -0.3 is 5.11 Å². The molecule has 0 fully saturated rings. The van der Waals surface area contributed by atoms with Gasteiger partial charge in [-0.15, -0.1) is 13.2 Å². The second-order valence-corrected chi connectivity index (χ2v) is 2.87. The number of hydrogen-bond acceptors (Lipinski definition) is 1. The van der Waals surface area contributed by atoms with E-state index in [4.69, 9.17) is 0 Å². The normalized spacial score (nSPS) is 36.6. The monoisotopic (exact) mass is 150 g/mol. The van der Waals surface area contributed by atoms with Crippen LogP contribution in [0.2, 0.25) is 0 Å².